The Morgan fingerprint density at radius 3 is 2.07 bits per heavy atom. The standard InChI is InChI=1S/C23H44O7/c1-7-11-13-18(9-3)21(19(16-26-25)15-17(5)6)27-22(24)28-23(29-30-23)20(10-4)14-12-8-2/h17-21,25H,7-16H2,1-6H3. The summed E-state index contributed by atoms with van der Waals surface area (Å²) in [4.78, 5) is 27.6. The summed E-state index contributed by atoms with van der Waals surface area (Å²) in [5.41, 5.74) is 0. The minimum absolute atomic E-state index is 0.0299. The average molecular weight is 433 g/mol. The van der Waals surface area contributed by atoms with Crippen LogP contribution in [-0.2, 0) is 24.1 Å². The van der Waals surface area contributed by atoms with Crippen LogP contribution in [0.2, 0.25) is 0 Å². The summed E-state index contributed by atoms with van der Waals surface area (Å²) in [6.07, 6.45) is 7.19. The zero-order valence-electron chi connectivity index (χ0n) is 19.9. The van der Waals surface area contributed by atoms with Crippen molar-refractivity contribution < 1.29 is 34.2 Å². The third kappa shape index (κ3) is 8.69. The Labute approximate surface area is 182 Å². The van der Waals surface area contributed by atoms with E-state index < -0.39 is 18.2 Å². The van der Waals surface area contributed by atoms with Gasteiger partial charge in [-0.1, -0.05) is 67.2 Å². The Balaban J connectivity index is 2.91. The van der Waals surface area contributed by atoms with E-state index in [9.17, 15) is 4.79 Å². The Morgan fingerprint density at radius 2 is 1.60 bits per heavy atom. The maximum Gasteiger partial charge on any atom is 0.513 e. The first-order valence-electron chi connectivity index (χ1n) is 11.9. The summed E-state index contributed by atoms with van der Waals surface area (Å²) in [7, 11) is 0. The molecule has 30 heavy (non-hydrogen) atoms. The molecule has 0 aromatic carbocycles. The molecule has 0 saturated carbocycles. The molecule has 0 bridgehead atoms. The van der Waals surface area contributed by atoms with Gasteiger partial charge in [0.2, 0.25) is 0 Å². The second-order valence-electron chi connectivity index (χ2n) is 8.95. The molecule has 178 valence electrons. The molecule has 0 radical (unpaired) electrons. The fourth-order valence-corrected chi connectivity index (χ4v) is 4.27. The van der Waals surface area contributed by atoms with Gasteiger partial charge in [-0.25, -0.2) is 9.68 Å². The molecule has 4 atom stereocenters. The fourth-order valence-electron chi connectivity index (χ4n) is 4.27. The van der Waals surface area contributed by atoms with Crippen molar-refractivity contribution in [2.75, 3.05) is 6.61 Å². The van der Waals surface area contributed by atoms with Crippen LogP contribution in [0.5, 0.6) is 0 Å². The normalized spacial score (nSPS) is 19.2. The highest BCUT2D eigenvalue weighted by atomic mass is 17.5. The van der Waals surface area contributed by atoms with Gasteiger partial charge in [0, 0.05) is 5.92 Å². The predicted octanol–water partition coefficient (Wildman–Crippen LogP) is 6.71. The smallest absolute Gasteiger partial charge is 0.430 e. The number of unbranched alkanes of at least 4 members (excludes halogenated alkanes) is 2. The first kappa shape index (κ1) is 27.1. The van der Waals surface area contributed by atoms with Crippen LogP contribution in [0.4, 0.5) is 4.79 Å². The topological polar surface area (TPSA) is 90.1 Å². The summed E-state index contributed by atoms with van der Waals surface area (Å²) < 4.78 is 11.4. The summed E-state index contributed by atoms with van der Waals surface area (Å²) in [5, 5.41) is 9.13. The Kier molecular flexibility index (Phi) is 12.9. The SMILES string of the molecule is CCCCC(CC)C(OC(=O)OC1(C(CC)CCCC)OO1)C(COO)CC(C)C. The second-order valence-corrected chi connectivity index (χ2v) is 8.95. The Morgan fingerprint density at radius 1 is 0.967 bits per heavy atom. The van der Waals surface area contributed by atoms with Crippen molar-refractivity contribution in [1.82, 2.24) is 0 Å². The highest BCUT2D eigenvalue weighted by molar-refractivity contribution is 5.60. The number of rotatable bonds is 17. The van der Waals surface area contributed by atoms with Gasteiger partial charge in [0.05, 0.1) is 12.5 Å². The van der Waals surface area contributed by atoms with E-state index in [-0.39, 0.29) is 24.4 Å². The average Bonchev–Trinajstić information content (AvgIpc) is 3.47. The Bertz CT molecular complexity index is 464. The van der Waals surface area contributed by atoms with Crippen molar-refractivity contribution in [2.24, 2.45) is 23.7 Å². The molecule has 1 rings (SSSR count). The predicted molar refractivity (Wildman–Crippen MR) is 114 cm³/mol. The second kappa shape index (κ2) is 14.2. The summed E-state index contributed by atoms with van der Waals surface area (Å²) in [5.74, 6) is -0.940. The quantitative estimate of drug-likeness (QED) is 0.118. The lowest BCUT2D eigenvalue weighted by Gasteiger charge is -2.33. The van der Waals surface area contributed by atoms with Crippen molar-refractivity contribution in [1.29, 1.82) is 0 Å². The van der Waals surface area contributed by atoms with Crippen molar-refractivity contribution in [3.05, 3.63) is 0 Å². The summed E-state index contributed by atoms with van der Waals surface area (Å²) >= 11 is 0. The molecular formula is C23H44O7. The molecule has 0 aromatic rings. The van der Waals surface area contributed by atoms with Crippen molar-refractivity contribution >= 4 is 6.16 Å². The number of carbonyl (C=O) groups excluding carboxylic acids is 1. The van der Waals surface area contributed by atoms with E-state index in [4.69, 9.17) is 24.5 Å². The number of hydrogen-bond acceptors (Lipinski definition) is 7. The molecule has 0 aromatic heterocycles. The number of hydrogen-bond donors (Lipinski definition) is 1. The van der Waals surface area contributed by atoms with Crippen molar-refractivity contribution in [2.45, 2.75) is 111 Å². The van der Waals surface area contributed by atoms with Crippen molar-refractivity contribution in [3.63, 3.8) is 0 Å². The Hall–Kier alpha value is -0.890. The van der Waals surface area contributed by atoms with Gasteiger partial charge in [-0.05, 0) is 43.9 Å². The summed E-state index contributed by atoms with van der Waals surface area (Å²) in [6.45, 7) is 12.7. The van der Waals surface area contributed by atoms with Gasteiger partial charge in [0.15, 0.2) is 0 Å². The third-order valence-corrected chi connectivity index (χ3v) is 6.05. The lowest BCUT2D eigenvalue weighted by atomic mass is 9.82. The molecule has 7 nitrogen and oxygen atoms in total. The monoisotopic (exact) mass is 432 g/mol. The van der Waals surface area contributed by atoms with Crippen LogP contribution in [0.1, 0.15) is 99.3 Å². The molecule has 0 amide bonds. The zero-order chi connectivity index (χ0) is 22.6. The zero-order valence-corrected chi connectivity index (χ0v) is 19.9. The van der Waals surface area contributed by atoms with E-state index in [0.717, 1.165) is 57.8 Å². The molecule has 0 aliphatic carbocycles. The maximum absolute atomic E-state index is 12.8. The van der Waals surface area contributed by atoms with Crippen LogP contribution in [0.25, 0.3) is 0 Å². The molecule has 1 fully saturated rings. The van der Waals surface area contributed by atoms with Crippen LogP contribution in [0, 0.1) is 23.7 Å². The molecule has 1 aliphatic heterocycles. The molecule has 4 unspecified atom stereocenters. The van der Waals surface area contributed by atoms with Gasteiger partial charge in [0.25, 0.3) is 0 Å². The largest absolute Gasteiger partial charge is 0.513 e. The molecule has 1 saturated heterocycles. The molecule has 0 spiro atoms. The van der Waals surface area contributed by atoms with Crippen LogP contribution in [0.3, 0.4) is 0 Å². The molecule has 7 heteroatoms. The van der Waals surface area contributed by atoms with Gasteiger partial charge in [0.1, 0.15) is 6.10 Å². The van der Waals surface area contributed by atoms with E-state index in [1.54, 1.807) is 0 Å². The first-order valence-corrected chi connectivity index (χ1v) is 11.9. The lowest BCUT2D eigenvalue weighted by Crippen LogP contribution is -2.39. The molecule has 1 aliphatic rings. The van der Waals surface area contributed by atoms with Crippen LogP contribution >= 0.6 is 0 Å². The number of ether oxygens (including phenoxy) is 2. The van der Waals surface area contributed by atoms with E-state index in [2.05, 4.69) is 39.5 Å². The van der Waals surface area contributed by atoms with Crippen LogP contribution < -0.4 is 0 Å². The van der Waals surface area contributed by atoms with Gasteiger partial charge in [-0.3, -0.25) is 5.26 Å². The minimum Gasteiger partial charge on any atom is -0.430 e. The molecular weight excluding hydrogens is 388 g/mol. The fraction of sp³-hybridized carbons (Fsp3) is 0.957. The van der Waals surface area contributed by atoms with Gasteiger partial charge in [-0.2, -0.15) is 9.78 Å². The highest BCUT2D eigenvalue weighted by Gasteiger charge is 2.60. The minimum atomic E-state index is -1.32. The molecule has 1 heterocycles. The van der Waals surface area contributed by atoms with Crippen LogP contribution in [0.15, 0.2) is 0 Å². The van der Waals surface area contributed by atoms with Gasteiger partial charge >= 0.3 is 12.1 Å². The maximum atomic E-state index is 12.8. The van der Waals surface area contributed by atoms with E-state index >= 15 is 0 Å². The highest BCUT2D eigenvalue weighted by Crippen LogP contribution is 2.43. The van der Waals surface area contributed by atoms with E-state index in [1.807, 2.05) is 6.92 Å². The van der Waals surface area contributed by atoms with Gasteiger partial charge < -0.3 is 9.47 Å². The molecule has 1 N–H and O–H groups in total. The van der Waals surface area contributed by atoms with E-state index in [0.29, 0.717) is 5.92 Å². The first-order chi connectivity index (χ1) is 14.4. The van der Waals surface area contributed by atoms with Gasteiger partial charge in [-0.15, -0.1) is 0 Å². The lowest BCUT2D eigenvalue weighted by molar-refractivity contribution is -0.259. The summed E-state index contributed by atoms with van der Waals surface area (Å²) in [6, 6.07) is 0. The van der Waals surface area contributed by atoms with Crippen LogP contribution in [-0.4, -0.2) is 30.1 Å². The van der Waals surface area contributed by atoms with Crippen molar-refractivity contribution in [3.8, 4) is 0 Å². The third-order valence-electron chi connectivity index (χ3n) is 6.05. The number of carbonyl (C=O) groups is 1. The van der Waals surface area contributed by atoms with E-state index in [1.165, 1.54) is 0 Å².